The number of aliphatic hydroxyl groups is 1. The number of unbranched alkanes of at least 4 members (excludes halogenated alkanes) is 2. The summed E-state index contributed by atoms with van der Waals surface area (Å²) < 4.78 is 12.1. The Labute approximate surface area is 188 Å². The number of rotatable bonds is 8. The molecule has 0 amide bonds. The molecule has 0 radical (unpaired) electrons. The van der Waals surface area contributed by atoms with Gasteiger partial charge in [0.1, 0.15) is 11.5 Å². The Balaban J connectivity index is 2.22. The van der Waals surface area contributed by atoms with E-state index in [0.29, 0.717) is 6.61 Å². The highest BCUT2D eigenvalue weighted by Crippen LogP contribution is 2.50. The first-order chi connectivity index (χ1) is 14.7. The van der Waals surface area contributed by atoms with Crippen molar-refractivity contribution >= 4 is 6.08 Å². The second-order valence-electron chi connectivity index (χ2n) is 9.99. The quantitative estimate of drug-likeness (QED) is 0.348. The molecule has 0 heterocycles. The topological polar surface area (TPSA) is 38.7 Å². The second kappa shape index (κ2) is 9.38. The molecule has 31 heavy (non-hydrogen) atoms. The van der Waals surface area contributed by atoms with Crippen LogP contribution in [-0.2, 0) is 10.8 Å². The van der Waals surface area contributed by atoms with Gasteiger partial charge in [-0.15, -0.1) is 0 Å². The summed E-state index contributed by atoms with van der Waals surface area (Å²) in [6, 6.07) is 10.6. The smallest absolute Gasteiger partial charge is 0.127 e. The molecule has 168 valence electrons. The maximum absolute atomic E-state index is 9.28. The summed E-state index contributed by atoms with van der Waals surface area (Å²) in [5, 5.41) is 9.28. The van der Waals surface area contributed by atoms with Gasteiger partial charge in [-0.05, 0) is 77.1 Å². The summed E-state index contributed by atoms with van der Waals surface area (Å²) in [5.41, 5.74) is 5.99. The van der Waals surface area contributed by atoms with E-state index in [2.05, 4.69) is 52.8 Å². The number of ether oxygens (including phenoxy) is 2. The van der Waals surface area contributed by atoms with Crippen molar-refractivity contribution in [3.8, 4) is 22.6 Å². The van der Waals surface area contributed by atoms with Gasteiger partial charge in [-0.2, -0.15) is 0 Å². The molecular weight excluding hydrogens is 384 g/mol. The van der Waals surface area contributed by atoms with Gasteiger partial charge in [0.15, 0.2) is 0 Å². The Morgan fingerprint density at radius 3 is 2.16 bits per heavy atom. The standard InChI is InChI=1S/C28H38O3/c1-7-8-9-16-31-26-19-24-23(27(2,3)13-14-28(24,4)5)18-22(26)21-17-20(12-15-29)10-11-25(21)30-6/h10-12,15,17-19,29H,7-9,13-14,16H2,1-6H3/b15-12+. The van der Waals surface area contributed by atoms with Crippen molar-refractivity contribution in [3.63, 3.8) is 0 Å². The van der Waals surface area contributed by atoms with Gasteiger partial charge < -0.3 is 14.6 Å². The number of hydrogen-bond donors (Lipinski definition) is 1. The monoisotopic (exact) mass is 422 g/mol. The third-order valence-corrected chi connectivity index (χ3v) is 6.74. The summed E-state index contributed by atoms with van der Waals surface area (Å²) in [4.78, 5) is 0. The maximum atomic E-state index is 9.28. The summed E-state index contributed by atoms with van der Waals surface area (Å²) in [7, 11) is 1.70. The largest absolute Gasteiger partial charge is 0.516 e. The van der Waals surface area contributed by atoms with Crippen LogP contribution in [0, 0.1) is 0 Å². The molecular formula is C28H38O3. The fraction of sp³-hybridized carbons (Fsp3) is 0.500. The maximum Gasteiger partial charge on any atom is 0.127 e. The van der Waals surface area contributed by atoms with E-state index in [1.807, 2.05) is 12.1 Å². The van der Waals surface area contributed by atoms with Gasteiger partial charge in [0.25, 0.3) is 0 Å². The average molecular weight is 423 g/mol. The van der Waals surface area contributed by atoms with Crippen LogP contribution >= 0.6 is 0 Å². The Morgan fingerprint density at radius 2 is 1.55 bits per heavy atom. The first kappa shape index (κ1) is 23.2. The van der Waals surface area contributed by atoms with Crippen LogP contribution in [0.4, 0.5) is 0 Å². The fourth-order valence-electron chi connectivity index (χ4n) is 4.58. The van der Waals surface area contributed by atoms with E-state index in [-0.39, 0.29) is 10.8 Å². The van der Waals surface area contributed by atoms with E-state index in [1.54, 1.807) is 13.2 Å². The first-order valence-electron chi connectivity index (χ1n) is 11.5. The number of benzene rings is 2. The van der Waals surface area contributed by atoms with Crippen molar-refractivity contribution < 1.29 is 14.6 Å². The van der Waals surface area contributed by atoms with Crippen LogP contribution in [-0.4, -0.2) is 18.8 Å². The van der Waals surface area contributed by atoms with Crippen LogP contribution in [0.2, 0.25) is 0 Å². The molecule has 3 heteroatoms. The summed E-state index contributed by atoms with van der Waals surface area (Å²) in [5.74, 6) is 1.73. The van der Waals surface area contributed by atoms with E-state index in [0.717, 1.165) is 47.3 Å². The van der Waals surface area contributed by atoms with Gasteiger partial charge in [-0.3, -0.25) is 0 Å². The normalized spacial score (nSPS) is 16.8. The van der Waals surface area contributed by atoms with E-state index in [1.165, 1.54) is 30.4 Å². The number of methoxy groups -OCH3 is 1. The minimum Gasteiger partial charge on any atom is -0.516 e. The molecule has 0 spiro atoms. The lowest BCUT2D eigenvalue weighted by molar-refractivity contribution is 0.300. The summed E-state index contributed by atoms with van der Waals surface area (Å²) in [6.07, 6.45) is 8.48. The van der Waals surface area contributed by atoms with Crippen molar-refractivity contribution in [3.05, 3.63) is 53.3 Å². The van der Waals surface area contributed by atoms with Crippen LogP contribution in [0.3, 0.4) is 0 Å². The zero-order valence-corrected chi connectivity index (χ0v) is 20.0. The van der Waals surface area contributed by atoms with E-state index < -0.39 is 0 Å². The number of fused-ring (bicyclic) bond motifs is 1. The minimum absolute atomic E-state index is 0.107. The lowest BCUT2D eigenvalue weighted by atomic mass is 9.62. The SMILES string of the molecule is CCCCCOc1cc2c(cc1-c1cc(/C=C/O)ccc1OC)C(C)(C)CCC2(C)C. The molecule has 0 unspecified atom stereocenters. The second-order valence-corrected chi connectivity index (χ2v) is 9.99. The molecule has 0 aliphatic heterocycles. The first-order valence-corrected chi connectivity index (χ1v) is 11.5. The van der Waals surface area contributed by atoms with Gasteiger partial charge >= 0.3 is 0 Å². The van der Waals surface area contributed by atoms with Crippen molar-refractivity contribution in [1.82, 2.24) is 0 Å². The highest BCUT2D eigenvalue weighted by atomic mass is 16.5. The van der Waals surface area contributed by atoms with Crippen molar-refractivity contribution in [2.24, 2.45) is 0 Å². The number of hydrogen-bond acceptors (Lipinski definition) is 3. The number of aliphatic hydroxyl groups excluding tert-OH is 1. The molecule has 1 aliphatic rings. The Morgan fingerprint density at radius 1 is 0.903 bits per heavy atom. The molecule has 1 aliphatic carbocycles. The zero-order valence-electron chi connectivity index (χ0n) is 20.0. The van der Waals surface area contributed by atoms with Crippen LogP contribution in [0.5, 0.6) is 11.5 Å². The van der Waals surface area contributed by atoms with Gasteiger partial charge in [0, 0.05) is 11.1 Å². The fourth-order valence-corrected chi connectivity index (χ4v) is 4.58. The van der Waals surface area contributed by atoms with Gasteiger partial charge in [-0.25, -0.2) is 0 Å². The Bertz CT molecular complexity index is 938. The van der Waals surface area contributed by atoms with Crippen LogP contribution in [0.25, 0.3) is 17.2 Å². The van der Waals surface area contributed by atoms with Gasteiger partial charge in [-0.1, -0.05) is 53.5 Å². The molecule has 2 aromatic rings. The van der Waals surface area contributed by atoms with Crippen LogP contribution in [0.1, 0.15) is 83.4 Å². The molecule has 3 nitrogen and oxygen atoms in total. The molecule has 0 saturated heterocycles. The predicted molar refractivity (Wildman–Crippen MR) is 130 cm³/mol. The Kier molecular flexibility index (Phi) is 7.03. The van der Waals surface area contributed by atoms with Crippen molar-refractivity contribution in [1.29, 1.82) is 0 Å². The molecule has 0 saturated carbocycles. The van der Waals surface area contributed by atoms with E-state index in [4.69, 9.17) is 9.47 Å². The third-order valence-electron chi connectivity index (χ3n) is 6.74. The molecule has 2 aromatic carbocycles. The van der Waals surface area contributed by atoms with E-state index in [9.17, 15) is 5.11 Å². The highest BCUT2D eigenvalue weighted by molar-refractivity contribution is 5.79. The molecule has 0 aromatic heterocycles. The highest BCUT2D eigenvalue weighted by Gasteiger charge is 2.38. The van der Waals surface area contributed by atoms with Crippen molar-refractivity contribution in [2.45, 2.75) is 77.6 Å². The molecule has 3 rings (SSSR count). The van der Waals surface area contributed by atoms with E-state index >= 15 is 0 Å². The molecule has 0 atom stereocenters. The third kappa shape index (κ3) is 4.92. The Hall–Kier alpha value is -2.42. The molecule has 0 bridgehead atoms. The summed E-state index contributed by atoms with van der Waals surface area (Å²) in [6.45, 7) is 12.3. The van der Waals surface area contributed by atoms with Crippen LogP contribution < -0.4 is 9.47 Å². The van der Waals surface area contributed by atoms with Crippen molar-refractivity contribution in [2.75, 3.05) is 13.7 Å². The predicted octanol–water partition coefficient (Wildman–Crippen LogP) is 7.81. The molecule has 1 N–H and O–H groups in total. The minimum atomic E-state index is 0.107. The van der Waals surface area contributed by atoms with Crippen LogP contribution in [0.15, 0.2) is 36.6 Å². The summed E-state index contributed by atoms with van der Waals surface area (Å²) >= 11 is 0. The molecule has 0 fully saturated rings. The zero-order chi connectivity index (χ0) is 22.6. The van der Waals surface area contributed by atoms with Gasteiger partial charge in [0.2, 0.25) is 0 Å². The average Bonchev–Trinajstić information content (AvgIpc) is 2.74. The van der Waals surface area contributed by atoms with Gasteiger partial charge in [0.05, 0.1) is 20.0 Å². The lowest BCUT2D eigenvalue weighted by Gasteiger charge is -2.42. The lowest BCUT2D eigenvalue weighted by Crippen LogP contribution is -2.34.